The van der Waals surface area contributed by atoms with Gasteiger partial charge in [-0.15, -0.1) is 0 Å². The number of aromatic hydroxyl groups is 1. The van der Waals surface area contributed by atoms with E-state index in [1.54, 1.807) is 0 Å². The fourth-order valence-electron chi connectivity index (χ4n) is 1.46. The van der Waals surface area contributed by atoms with E-state index in [2.05, 4.69) is 0 Å². The second-order valence-electron chi connectivity index (χ2n) is 3.24. The number of hydrogen-bond acceptors (Lipinski definition) is 5. The SMILES string of the molecule is O=C(O)C(=O)c1c(O)c(Cl)cc2c1OCCO2. The van der Waals surface area contributed by atoms with Crippen molar-refractivity contribution in [3.63, 3.8) is 0 Å². The number of Topliss-reactive ketones (excluding diaryl/α,β-unsaturated/α-hetero) is 1. The smallest absolute Gasteiger partial charge is 0.377 e. The van der Waals surface area contributed by atoms with Crippen LogP contribution in [0, 0.1) is 0 Å². The highest BCUT2D eigenvalue weighted by Gasteiger charge is 2.30. The minimum atomic E-state index is -1.71. The molecule has 7 heteroatoms. The maximum Gasteiger partial charge on any atom is 0.377 e. The Morgan fingerprint density at radius 3 is 2.59 bits per heavy atom. The normalized spacial score (nSPS) is 13.2. The molecule has 0 amide bonds. The first-order valence-corrected chi connectivity index (χ1v) is 4.99. The quantitative estimate of drug-likeness (QED) is 0.609. The Bertz CT molecular complexity index is 510. The van der Waals surface area contributed by atoms with Crippen LogP contribution in [0.3, 0.4) is 0 Å². The lowest BCUT2D eigenvalue weighted by Gasteiger charge is -2.21. The number of phenols is 1. The maximum atomic E-state index is 11.4. The van der Waals surface area contributed by atoms with Crippen LogP contribution in [-0.2, 0) is 4.79 Å². The lowest BCUT2D eigenvalue weighted by molar-refractivity contribution is -0.131. The van der Waals surface area contributed by atoms with Gasteiger partial charge in [-0.05, 0) is 0 Å². The zero-order valence-electron chi connectivity index (χ0n) is 8.40. The monoisotopic (exact) mass is 258 g/mol. The molecule has 1 aromatic carbocycles. The lowest BCUT2D eigenvalue weighted by atomic mass is 10.1. The highest BCUT2D eigenvalue weighted by Crippen LogP contribution is 2.43. The Morgan fingerprint density at radius 2 is 1.94 bits per heavy atom. The van der Waals surface area contributed by atoms with Gasteiger partial charge in [0.2, 0.25) is 0 Å². The van der Waals surface area contributed by atoms with Crippen molar-refractivity contribution >= 4 is 23.4 Å². The maximum absolute atomic E-state index is 11.4. The first kappa shape index (κ1) is 11.5. The summed E-state index contributed by atoms with van der Waals surface area (Å²) in [5.74, 6) is -3.58. The van der Waals surface area contributed by atoms with E-state index in [1.807, 2.05) is 0 Å². The molecule has 6 nitrogen and oxygen atoms in total. The molecule has 0 atom stereocenters. The Hall–Kier alpha value is -1.95. The van der Waals surface area contributed by atoms with Gasteiger partial charge in [0, 0.05) is 6.07 Å². The largest absolute Gasteiger partial charge is 0.505 e. The van der Waals surface area contributed by atoms with E-state index in [0.29, 0.717) is 0 Å². The van der Waals surface area contributed by atoms with Crippen molar-refractivity contribution in [3.8, 4) is 17.2 Å². The number of rotatable bonds is 2. The molecule has 17 heavy (non-hydrogen) atoms. The Balaban J connectivity index is 2.66. The van der Waals surface area contributed by atoms with Crippen LogP contribution >= 0.6 is 11.6 Å². The van der Waals surface area contributed by atoms with Crippen LogP contribution in [0.1, 0.15) is 10.4 Å². The van der Waals surface area contributed by atoms with Crippen LogP contribution in [-0.4, -0.2) is 35.2 Å². The van der Waals surface area contributed by atoms with Gasteiger partial charge in [-0.2, -0.15) is 0 Å². The second kappa shape index (κ2) is 4.14. The summed E-state index contributed by atoms with van der Waals surface area (Å²) in [6, 6.07) is 1.27. The zero-order valence-corrected chi connectivity index (χ0v) is 9.15. The van der Waals surface area contributed by atoms with Gasteiger partial charge in [0.25, 0.3) is 5.78 Å². The molecule has 0 aromatic heterocycles. The molecule has 0 unspecified atom stereocenters. The third-order valence-corrected chi connectivity index (χ3v) is 2.47. The van der Waals surface area contributed by atoms with Crippen LogP contribution in [0.2, 0.25) is 5.02 Å². The lowest BCUT2D eigenvalue weighted by Crippen LogP contribution is -2.20. The summed E-state index contributed by atoms with van der Waals surface area (Å²) in [7, 11) is 0. The number of carbonyl (C=O) groups excluding carboxylic acids is 1. The molecule has 1 heterocycles. The van der Waals surface area contributed by atoms with Crippen LogP contribution in [0.25, 0.3) is 0 Å². The van der Waals surface area contributed by atoms with E-state index in [1.165, 1.54) is 6.07 Å². The van der Waals surface area contributed by atoms with Crippen LogP contribution < -0.4 is 9.47 Å². The fourth-order valence-corrected chi connectivity index (χ4v) is 1.66. The molecule has 2 N–H and O–H groups in total. The number of fused-ring (bicyclic) bond motifs is 1. The van der Waals surface area contributed by atoms with Gasteiger partial charge < -0.3 is 19.7 Å². The topological polar surface area (TPSA) is 93.1 Å². The summed E-state index contributed by atoms with van der Waals surface area (Å²) in [6.45, 7) is 0.419. The molecule has 90 valence electrons. The van der Waals surface area contributed by atoms with Crippen molar-refractivity contribution < 1.29 is 29.3 Å². The number of ketones is 1. The molecule has 0 saturated heterocycles. The highest BCUT2D eigenvalue weighted by molar-refractivity contribution is 6.42. The number of carboxylic acid groups (broad SMARTS) is 1. The molecule has 2 rings (SSSR count). The number of carbonyl (C=O) groups is 2. The number of ether oxygens (including phenoxy) is 2. The molecule has 0 fully saturated rings. The molecule has 0 aliphatic carbocycles. The minimum absolute atomic E-state index is 0.0921. The molecule has 0 radical (unpaired) electrons. The average molecular weight is 259 g/mol. The molecule has 0 saturated carbocycles. The number of benzene rings is 1. The number of aliphatic carboxylic acids is 1. The van der Waals surface area contributed by atoms with Gasteiger partial charge in [-0.1, -0.05) is 11.6 Å². The minimum Gasteiger partial charge on any atom is -0.505 e. The van der Waals surface area contributed by atoms with Crippen molar-refractivity contribution in [2.75, 3.05) is 13.2 Å². The third kappa shape index (κ3) is 1.87. The number of hydrogen-bond donors (Lipinski definition) is 2. The first-order chi connectivity index (χ1) is 8.02. The van der Waals surface area contributed by atoms with Crippen molar-refractivity contribution in [1.29, 1.82) is 0 Å². The number of halogens is 1. The number of carboxylic acids is 1. The van der Waals surface area contributed by atoms with Crippen LogP contribution in [0.15, 0.2) is 6.07 Å². The van der Waals surface area contributed by atoms with E-state index < -0.39 is 23.1 Å². The second-order valence-corrected chi connectivity index (χ2v) is 3.65. The van der Waals surface area contributed by atoms with Crippen molar-refractivity contribution in [3.05, 3.63) is 16.7 Å². The standard InChI is InChI=1S/C10H7ClO6/c11-4-3-5-9(17-2-1-16-5)6(7(4)12)8(13)10(14)15/h3,12H,1-2H2,(H,14,15). The van der Waals surface area contributed by atoms with Gasteiger partial charge in [0.15, 0.2) is 11.5 Å². The fraction of sp³-hybridized carbons (Fsp3) is 0.200. The average Bonchev–Trinajstić information content (AvgIpc) is 2.30. The third-order valence-electron chi connectivity index (χ3n) is 2.18. The summed E-state index contributed by atoms with van der Waals surface area (Å²) < 4.78 is 10.3. The van der Waals surface area contributed by atoms with E-state index in [9.17, 15) is 14.7 Å². The Kier molecular flexibility index (Phi) is 2.81. The molecular formula is C10H7ClO6. The van der Waals surface area contributed by atoms with Gasteiger partial charge in [-0.3, -0.25) is 4.79 Å². The molecule has 1 aliphatic rings. The molecular weight excluding hydrogens is 252 g/mol. The van der Waals surface area contributed by atoms with Crippen molar-refractivity contribution in [1.82, 2.24) is 0 Å². The van der Waals surface area contributed by atoms with E-state index in [0.717, 1.165) is 0 Å². The summed E-state index contributed by atoms with van der Waals surface area (Å²) in [6.07, 6.45) is 0. The van der Waals surface area contributed by atoms with Gasteiger partial charge in [-0.25, -0.2) is 4.79 Å². The molecule has 0 spiro atoms. The summed E-state index contributed by atoms with van der Waals surface area (Å²) in [5, 5.41) is 18.1. The van der Waals surface area contributed by atoms with Crippen LogP contribution in [0.4, 0.5) is 0 Å². The van der Waals surface area contributed by atoms with E-state index in [-0.39, 0.29) is 29.7 Å². The van der Waals surface area contributed by atoms with Gasteiger partial charge in [0.1, 0.15) is 24.5 Å². The first-order valence-electron chi connectivity index (χ1n) is 4.61. The van der Waals surface area contributed by atoms with Crippen LogP contribution in [0.5, 0.6) is 17.2 Å². The van der Waals surface area contributed by atoms with Crippen molar-refractivity contribution in [2.24, 2.45) is 0 Å². The number of phenolic OH excluding ortho intramolecular Hbond substituents is 1. The summed E-state index contributed by atoms with van der Waals surface area (Å²) in [4.78, 5) is 22.1. The zero-order chi connectivity index (χ0) is 12.6. The Morgan fingerprint density at radius 1 is 1.29 bits per heavy atom. The molecule has 1 aliphatic heterocycles. The molecule has 0 bridgehead atoms. The van der Waals surface area contributed by atoms with E-state index in [4.69, 9.17) is 26.2 Å². The Labute approximate surface area is 100 Å². The highest BCUT2D eigenvalue weighted by atomic mass is 35.5. The summed E-state index contributed by atoms with van der Waals surface area (Å²) in [5.41, 5.74) is -0.486. The predicted molar refractivity (Wildman–Crippen MR) is 56.1 cm³/mol. The predicted octanol–water partition coefficient (Wildman–Crippen LogP) is 1.08. The van der Waals surface area contributed by atoms with E-state index >= 15 is 0 Å². The van der Waals surface area contributed by atoms with Gasteiger partial charge >= 0.3 is 5.97 Å². The summed E-state index contributed by atoms with van der Waals surface area (Å²) >= 11 is 5.67. The molecule has 1 aromatic rings. The van der Waals surface area contributed by atoms with Gasteiger partial charge in [0.05, 0.1) is 5.02 Å². The van der Waals surface area contributed by atoms with Crippen molar-refractivity contribution in [2.45, 2.75) is 0 Å².